The molecule has 1 aromatic carbocycles. The second-order valence-electron chi connectivity index (χ2n) is 2.67. The summed E-state index contributed by atoms with van der Waals surface area (Å²) >= 11 is 0. The molecule has 70 valence electrons. The summed E-state index contributed by atoms with van der Waals surface area (Å²) in [4.78, 5) is 0. The van der Waals surface area contributed by atoms with Gasteiger partial charge in [-0.3, -0.25) is 0 Å². The van der Waals surface area contributed by atoms with Gasteiger partial charge in [0.15, 0.2) is 0 Å². The highest BCUT2D eigenvalue weighted by Gasteiger charge is 2.01. The molecule has 0 aliphatic carbocycles. The van der Waals surface area contributed by atoms with E-state index in [1.165, 1.54) is 0 Å². The van der Waals surface area contributed by atoms with Crippen LogP contribution in [0.3, 0.4) is 0 Å². The molecule has 3 nitrogen and oxygen atoms in total. The molecular weight excluding hydrogens is 166 g/mol. The quantitative estimate of drug-likeness (QED) is 0.656. The average molecular weight is 179 g/mol. The number of phenolic OH excluding ortho intramolecular Hbond substituents is 2. The lowest BCUT2D eigenvalue weighted by molar-refractivity contribution is 0.448. The van der Waals surface area contributed by atoms with Crippen molar-refractivity contribution in [1.82, 2.24) is 5.32 Å². The van der Waals surface area contributed by atoms with Crippen LogP contribution in [0.2, 0.25) is 0 Å². The third kappa shape index (κ3) is 2.49. The fourth-order valence-corrected chi connectivity index (χ4v) is 1.01. The van der Waals surface area contributed by atoms with E-state index in [0.29, 0.717) is 12.1 Å². The summed E-state index contributed by atoms with van der Waals surface area (Å²) in [7, 11) is 1.83. The Hall–Kier alpha value is -1.48. The molecule has 3 N–H and O–H groups in total. The molecule has 13 heavy (non-hydrogen) atoms. The number of phenols is 2. The Morgan fingerprint density at radius 2 is 1.92 bits per heavy atom. The Balaban J connectivity index is 2.87. The molecule has 0 aliphatic rings. The van der Waals surface area contributed by atoms with Gasteiger partial charge in [-0.25, -0.2) is 0 Å². The van der Waals surface area contributed by atoms with Gasteiger partial charge in [-0.05, 0) is 19.2 Å². The van der Waals surface area contributed by atoms with Gasteiger partial charge in [-0.1, -0.05) is 18.2 Å². The van der Waals surface area contributed by atoms with Crippen molar-refractivity contribution in [2.24, 2.45) is 0 Å². The Bertz CT molecular complexity index is 288. The van der Waals surface area contributed by atoms with Gasteiger partial charge >= 0.3 is 0 Å². The fraction of sp³-hybridized carbons (Fsp3) is 0.200. The van der Waals surface area contributed by atoms with E-state index in [1.807, 2.05) is 13.1 Å². The van der Waals surface area contributed by atoms with Crippen LogP contribution in [-0.2, 0) is 0 Å². The number of hydrogen-bond donors (Lipinski definition) is 3. The van der Waals surface area contributed by atoms with Crippen LogP contribution in [0.5, 0.6) is 11.5 Å². The van der Waals surface area contributed by atoms with Crippen molar-refractivity contribution >= 4 is 6.08 Å². The standard InChI is InChI=1S/C10H13NO2/c1-11-7-3-4-8-9(12)5-2-6-10(8)13/h2-6,11-13H,7H2,1H3. The van der Waals surface area contributed by atoms with E-state index in [9.17, 15) is 10.2 Å². The Labute approximate surface area is 77.3 Å². The summed E-state index contributed by atoms with van der Waals surface area (Å²) in [5, 5.41) is 21.6. The first-order valence-corrected chi connectivity index (χ1v) is 4.08. The van der Waals surface area contributed by atoms with Crippen LogP contribution in [0.15, 0.2) is 24.3 Å². The molecule has 0 heterocycles. The largest absolute Gasteiger partial charge is 0.507 e. The average Bonchev–Trinajstić information content (AvgIpc) is 2.10. The summed E-state index contributed by atoms with van der Waals surface area (Å²) in [6, 6.07) is 4.68. The highest BCUT2D eigenvalue weighted by Crippen LogP contribution is 2.27. The van der Waals surface area contributed by atoms with Crippen LogP contribution >= 0.6 is 0 Å². The molecule has 0 atom stereocenters. The van der Waals surface area contributed by atoms with Crippen LogP contribution in [0, 0.1) is 0 Å². The Morgan fingerprint density at radius 3 is 2.46 bits per heavy atom. The zero-order valence-corrected chi connectivity index (χ0v) is 7.49. The topological polar surface area (TPSA) is 52.5 Å². The second-order valence-corrected chi connectivity index (χ2v) is 2.67. The maximum Gasteiger partial charge on any atom is 0.126 e. The van der Waals surface area contributed by atoms with Gasteiger partial charge in [0.2, 0.25) is 0 Å². The molecule has 0 bridgehead atoms. The van der Waals surface area contributed by atoms with Crippen molar-refractivity contribution in [2.75, 3.05) is 13.6 Å². The third-order valence-corrected chi connectivity index (χ3v) is 1.67. The van der Waals surface area contributed by atoms with Crippen molar-refractivity contribution < 1.29 is 10.2 Å². The lowest BCUT2D eigenvalue weighted by Gasteiger charge is -2.01. The highest BCUT2D eigenvalue weighted by molar-refractivity contribution is 5.63. The molecule has 0 spiro atoms. The van der Waals surface area contributed by atoms with E-state index in [0.717, 1.165) is 0 Å². The van der Waals surface area contributed by atoms with Gasteiger partial charge in [0.1, 0.15) is 11.5 Å². The van der Waals surface area contributed by atoms with E-state index in [4.69, 9.17) is 0 Å². The molecule has 0 saturated carbocycles. The molecule has 0 saturated heterocycles. The van der Waals surface area contributed by atoms with Gasteiger partial charge in [0, 0.05) is 6.54 Å². The third-order valence-electron chi connectivity index (χ3n) is 1.67. The van der Waals surface area contributed by atoms with Crippen LogP contribution in [-0.4, -0.2) is 23.8 Å². The summed E-state index contributed by atoms with van der Waals surface area (Å²) in [6.07, 6.45) is 3.51. The molecule has 0 amide bonds. The van der Waals surface area contributed by atoms with E-state index >= 15 is 0 Å². The molecule has 0 radical (unpaired) electrons. The van der Waals surface area contributed by atoms with Crippen molar-refractivity contribution in [3.8, 4) is 11.5 Å². The fourth-order valence-electron chi connectivity index (χ4n) is 1.01. The minimum absolute atomic E-state index is 0.0901. The van der Waals surface area contributed by atoms with Crippen LogP contribution < -0.4 is 5.32 Å². The number of rotatable bonds is 3. The van der Waals surface area contributed by atoms with Gasteiger partial charge in [-0.2, -0.15) is 0 Å². The molecule has 0 fully saturated rings. The van der Waals surface area contributed by atoms with Crippen molar-refractivity contribution in [3.05, 3.63) is 29.8 Å². The van der Waals surface area contributed by atoms with Crippen LogP contribution in [0.4, 0.5) is 0 Å². The predicted molar refractivity (Wildman–Crippen MR) is 52.7 cm³/mol. The molecular formula is C10H13NO2. The zero-order chi connectivity index (χ0) is 9.68. The predicted octanol–water partition coefficient (Wildman–Crippen LogP) is 1.33. The van der Waals surface area contributed by atoms with Gasteiger partial charge < -0.3 is 15.5 Å². The summed E-state index contributed by atoms with van der Waals surface area (Å²) in [5.74, 6) is 0.180. The number of hydrogen-bond acceptors (Lipinski definition) is 3. The van der Waals surface area contributed by atoms with Gasteiger partial charge in [-0.15, -0.1) is 0 Å². The van der Waals surface area contributed by atoms with Crippen molar-refractivity contribution in [2.45, 2.75) is 0 Å². The van der Waals surface area contributed by atoms with E-state index in [2.05, 4.69) is 5.32 Å². The SMILES string of the molecule is CNCC=Cc1c(O)cccc1O. The smallest absolute Gasteiger partial charge is 0.126 e. The van der Waals surface area contributed by atoms with Crippen molar-refractivity contribution in [1.29, 1.82) is 0 Å². The monoisotopic (exact) mass is 179 g/mol. The molecule has 1 aromatic rings. The first-order chi connectivity index (χ1) is 6.25. The zero-order valence-electron chi connectivity index (χ0n) is 7.49. The van der Waals surface area contributed by atoms with Crippen LogP contribution in [0.25, 0.3) is 6.08 Å². The maximum atomic E-state index is 9.36. The number of nitrogens with one attached hydrogen (secondary N) is 1. The maximum absolute atomic E-state index is 9.36. The highest BCUT2D eigenvalue weighted by atomic mass is 16.3. The van der Waals surface area contributed by atoms with Crippen LogP contribution in [0.1, 0.15) is 5.56 Å². The molecule has 0 aromatic heterocycles. The lowest BCUT2D eigenvalue weighted by atomic mass is 10.1. The van der Waals surface area contributed by atoms with E-state index < -0.39 is 0 Å². The van der Waals surface area contributed by atoms with Crippen molar-refractivity contribution in [3.63, 3.8) is 0 Å². The summed E-state index contributed by atoms with van der Waals surface area (Å²) in [5.41, 5.74) is 0.456. The number of likely N-dealkylation sites (N-methyl/N-ethyl adjacent to an activating group) is 1. The normalized spacial score (nSPS) is 10.8. The minimum atomic E-state index is 0.0901. The lowest BCUT2D eigenvalue weighted by Crippen LogP contribution is -2.03. The first kappa shape index (κ1) is 9.61. The van der Waals surface area contributed by atoms with Gasteiger partial charge in [0.05, 0.1) is 5.56 Å². The van der Waals surface area contributed by atoms with Gasteiger partial charge in [0.25, 0.3) is 0 Å². The minimum Gasteiger partial charge on any atom is -0.507 e. The second kappa shape index (κ2) is 4.52. The molecule has 3 heteroatoms. The summed E-state index contributed by atoms with van der Waals surface area (Å²) in [6.45, 7) is 0.702. The Kier molecular flexibility index (Phi) is 3.34. The molecule has 0 unspecified atom stereocenters. The Morgan fingerprint density at radius 1 is 1.31 bits per heavy atom. The van der Waals surface area contributed by atoms with E-state index in [1.54, 1.807) is 24.3 Å². The number of benzene rings is 1. The number of aromatic hydroxyl groups is 2. The molecule has 1 rings (SSSR count). The van der Waals surface area contributed by atoms with E-state index in [-0.39, 0.29) is 11.5 Å². The summed E-state index contributed by atoms with van der Waals surface area (Å²) < 4.78 is 0. The first-order valence-electron chi connectivity index (χ1n) is 4.08. The molecule has 0 aliphatic heterocycles.